The zero-order valence-electron chi connectivity index (χ0n) is 11.6. The van der Waals surface area contributed by atoms with Crippen molar-refractivity contribution in [1.29, 1.82) is 0 Å². The van der Waals surface area contributed by atoms with Crippen LogP contribution in [0.25, 0.3) is 0 Å². The van der Waals surface area contributed by atoms with Crippen LogP contribution in [-0.2, 0) is 7.05 Å². The molecule has 2 unspecified atom stereocenters. The van der Waals surface area contributed by atoms with E-state index >= 15 is 0 Å². The SMILES string of the molecule is Cc1nn(C)c(C)c1C(C)NCCCC(C)O. The molecule has 1 aromatic heterocycles. The van der Waals surface area contributed by atoms with E-state index in [0.717, 1.165) is 25.1 Å². The van der Waals surface area contributed by atoms with Crippen LogP contribution in [0, 0.1) is 13.8 Å². The van der Waals surface area contributed by atoms with Gasteiger partial charge in [0.2, 0.25) is 0 Å². The van der Waals surface area contributed by atoms with Gasteiger partial charge in [-0.15, -0.1) is 0 Å². The lowest BCUT2D eigenvalue weighted by Crippen LogP contribution is -2.21. The van der Waals surface area contributed by atoms with E-state index in [0.29, 0.717) is 6.04 Å². The minimum atomic E-state index is -0.200. The number of hydrogen-bond donors (Lipinski definition) is 2. The first-order valence-electron chi connectivity index (χ1n) is 6.35. The molecule has 0 aromatic carbocycles. The number of aliphatic hydroxyl groups is 1. The molecule has 0 amide bonds. The number of aryl methyl sites for hydroxylation is 2. The summed E-state index contributed by atoms with van der Waals surface area (Å²) in [5.74, 6) is 0. The van der Waals surface area contributed by atoms with Gasteiger partial charge in [0.05, 0.1) is 11.8 Å². The standard InChI is InChI=1S/C13H25N3O/c1-9(17)7-6-8-14-10(2)13-11(3)15-16(5)12(13)4/h9-10,14,17H,6-8H2,1-5H3. The van der Waals surface area contributed by atoms with Crippen LogP contribution in [0.15, 0.2) is 0 Å². The maximum atomic E-state index is 9.19. The molecule has 17 heavy (non-hydrogen) atoms. The Morgan fingerprint density at radius 3 is 2.47 bits per heavy atom. The molecule has 1 heterocycles. The Kier molecular flexibility index (Phi) is 5.15. The number of nitrogens with zero attached hydrogens (tertiary/aromatic N) is 2. The molecule has 0 aliphatic rings. The third kappa shape index (κ3) is 3.82. The summed E-state index contributed by atoms with van der Waals surface area (Å²) in [6.45, 7) is 9.08. The third-order valence-electron chi connectivity index (χ3n) is 3.25. The molecule has 0 bridgehead atoms. The molecule has 98 valence electrons. The van der Waals surface area contributed by atoms with Gasteiger partial charge in [0, 0.05) is 24.3 Å². The molecule has 0 fully saturated rings. The van der Waals surface area contributed by atoms with Crippen LogP contribution < -0.4 is 5.32 Å². The Morgan fingerprint density at radius 1 is 1.35 bits per heavy atom. The van der Waals surface area contributed by atoms with E-state index in [2.05, 4.69) is 31.2 Å². The molecular formula is C13H25N3O. The van der Waals surface area contributed by atoms with Gasteiger partial charge in [-0.1, -0.05) is 0 Å². The van der Waals surface area contributed by atoms with Crippen molar-refractivity contribution < 1.29 is 5.11 Å². The largest absolute Gasteiger partial charge is 0.393 e. The van der Waals surface area contributed by atoms with Crippen molar-refractivity contribution in [2.75, 3.05) is 6.54 Å². The second kappa shape index (κ2) is 6.17. The van der Waals surface area contributed by atoms with Crippen molar-refractivity contribution in [1.82, 2.24) is 15.1 Å². The normalized spacial score (nSPS) is 14.9. The average Bonchev–Trinajstić information content (AvgIpc) is 2.48. The van der Waals surface area contributed by atoms with Gasteiger partial charge in [0.15, 0.2) is 0 Å². The maximum Gasteiger partial charge on any atom is 0.0644 e. The molecule has 0 radical (unpaired) electrons. The Bertz CT molecular complexity index is 358. The number of hydrogen-bond acceptors (Lipinski definition) is 3. The smallest absolute Gasteiger partial charge is 0.0644 e. The molecule has 0 aliphatic carbocycles. The molecule has 4 nitrogen and oxygen atoms in total. The topological polar surface area (TPSA) is 50.1 Å². The quantitative estimate of drug-likeness (QED) is 0.745. The number of nitrogens with one attached hydrogen (secondary N) is 1. The summed E-state index contributed by atoms with van der Waals surface area (Å²) in [6.07, 6.45) is 1.65. The summed E-state index contributed by atoms with van der Waals surface area (Å²) >= 11 is 0. The molecule has 0 saturated heterocycles. The lowest BCUT2D eigenvalue weighted by atomic mass is 10.1. The number of aromatic nitrogens is 2. The van der Waals surface area contributed by atoms with Crippen LogP contribution in [0.3, 0.4) is 0 Å². The fraction of sp³-hybridized carbons (Fsp3) is 0.769. The highest BCUT2D eigenvalue weighted by atomic mass is 16.3. The minimum Gasteiger partial charge on any atom is -0.393 e. The van der Waals surface area contributed by atoms with Crippen LogP contribution in [0.2, 0.25) is 0 Å². The fourth-order valence-corrected chi connectivity index (χ4v) is 2.23. The zero-order chi connectivity index (χ0) is 13.0. The summed E-state index contributed by atoms with van der Waals surface area (Å²) in [5.41, 5.74) is 3.61. The van der Waals surface area contributed by atoms with E-state index in [1.165, 1.54) is 11.3 Å². The number of aliphatic hydroxyl groups excluding tert-OH is 1. The first kappa shape index (κ1) is 14.2. The predicted molar refractivity (Wildman–Crippen MR) is 70.0 cm³/mol. The summed E-state index contributed by atoms with van der Waals surface area (Å²) in [4.78, 5) is 0. The van der Waals surface area contributed by atoms with E-state index in [4.69, 9.17) is 0 Å². The molecule has 0 spiro atoms. The van der Waals surface area contributed by atoms with Gasteiger partial charge in [-0.25, -0.2) is 0 Å². The van der Waals surface area contributed by atoms with E-state index in [-0.39, 0.29) is 6.10 Å². The van der Waals surface area contributed by atoms with Crippen molar-refractivity contribution in [3.8, 4) is 0 Å². The van der Waals surface area contributed by atoms with Gasteiger partial charge < -0.3 is 10.4 Å². The highest BCUT2D eigenvalue weighted by Crippen LogP contribution is 2.20. The Morgan fingerprint density at radius 2 is 2.00 bits per heavy atom. The summed E-state index contributed by atoms with van der Waals surface area (Å²) in [7, 11) is 1.98. The first-order chi connectivity index (χ1) is 7.93. The van der Waals surface area contributed by atoms with E-state index in [1.807, 2.05) is 18.7 Å². The second-order valence-electron chi connectivity index (χ2n) is 4.88. The predicted octanol–water partition coefficient (Wildman–Crippen LogP) is 1.85. The maximum absolute atomic E-state index is 9.19. The van der Waals surface area contributed by atoms with Gasteiger partial charge in [-0.3, -0.25) is 4.68 Å². The van der Waals surface area contributed by atoms with Crippen molar-refractivity contribution in [3.63, 3.8) is 0 Å². The minimum absolute atomic E-state index is 0.200. The average molecular weight is 239 g/mol. The highest BCUT2D eigenvalue weighted by Gasteiger charge is 2.15. The summed E-state index contributed by atoms with van der Waals surface area (Å²) in [6, 6.07) is 0.317. The van der Waals surface area contributed by atoms with E-state index < -0.39 is 0 Å². The monoisotopic (exact) mass is 239 g/mol. The van der Waals surface area contributed by atoms with Gasteiger partial charge in [-0.2, -0.15) is 5.10 Å². The Balaban J connectivity index is 2.49. The van der Waals surface area contributed by atoms with Gasteiger partial charge >= 0.3 is 0 Å². The molecule has 2 N–H and O–H groups in total. The van der Waals surface area contributed by atoms with Crippen LogP contribution in [0.4, 0.5) is 0 Å². The summed E-state index contributed by atoms with van der Waals surface area (Å²) in [5, 5.41) is 17.1. The number of rotatable bonds is 6. The zero-order valence-corrected chi connectivity index (χ0v) is 11.6. The van der Waals surface area contributed by atoms with Crippen molar-refractivity contribution in [2.24, 2.45) is 7.05 Å². The van der Waals surface area contributed by atoms with Gasteiger partial charge in [0.25, 0.3) is 0 Å². The highest BCUT2D eigenvalue weighted by molar-refractivity contribution is 5.27. The Labute approximate surface area is 104 Å². The first-order valence-corrected chi connectivity index (χ1v) is 6.35. The molecule has 2 atom stereocenters. The van der Waals surface area contributed by atoms with Crippen molar-refractivity contribution in [3.05, 3.63) is 17.0 Å². The van der Waals surface area contributed by atoms with Gasteiger partial charge in [-0.05, 0) is 47.1 Å². The molecule has 4 heteroatoms. The van der Waals surface area contributed by atoms with Crippen LogP contribution in [0.5, 0.6) is 0 Å². The van der Waals surface area contributed by atoms with Crippen molar-refractivity contribution >= 4 is 0 Å². The molecule has 1 rings (SSSR count). The lowest BCUT2D eigenvalue weighted by Gasteiger charge is -2.15. The van der Waals surface area contributed by atoms with Crippen molar-refractivity contribution in [2.45, 2.75) is 52.7 Å². The molecular weight excluding hydrogens is 214 g/mol. The second-order valence-corrected chi connectivity index (χ2v) is 4.88. The van der Waals surface area contributed by atoms with Crippen LogP contribution in [-0.4, -0.2) is 27.5 Å². The fourth-order valence-electron chi connectivity index (χ4n) is 2.23. The Hall–Kier alpha value is -0.870. The van der Waals surface area contributed by atoms with Crippen LogP contribution in [0.1, 0.15) is 49.7 Å². The molecule has 0 saturated carbocycles. The third-order valence-corrected chi connectivity index (χ3v) is 3.25. The van der Waals surface area contributed by atoms with Crippen LogP contribution >= 0.6 is 0 Å². The van der Waals surface area contributed by atoms with E-state index in [9.17, 15) is 5.11 Å². The van der Waals surface area contributed by atoms with Gasteiger partial charge in [0.1, 0.15) is 0 Å². The molecule has 0 aliphatic heterocycles. The summed E-state index contributed by atoms with van der Waals surface area (Å²) < 4.78 is 1.93. The molecule has 1 aromatic rings. The van der Waals surface area contributed by atoms with E-state index in [1.54, 1.807) is 0 Å². The lowest BCUT2D eigenvalue weighted by molar-refractivity contribution is 0.181.